The number of amides is 1. The van der Waals surface area contributed by atoms with Crippen molar-refractivity contribution in [3.63, 3.8) is 0 Å². The van der Waals surface area contributed by atoms with Crippen LogP contribution in [0.15, 0.2) is 66.7 Å². The monoisotopic (exact) mass is 457 g/mol. The lowest BCUT2D eigenvalue weighted by Crippen LogP contribution is -2.12. The number of hydrogen-bond donors (Lipinski definition) is 1. The lowest BCUT2D eigenvalue weighted by Gasteiger charge is -2.20. The van der Waals surface area contributed by atoms with E-state index in [1.165, 1.54) is 65.3 Å². The van der Waals surface area contributed by atoms with Gasteiger partial charge in [-0.3, -0.25) is 4.79 Å². The van der Waals surface area contributed by atoms with Crippen LogP contribution in [-0.4, -0.2) is 5.91 Å². The van der Waals surface area contributed by atoms with Crippen molar-refractivity contribution in [3.05, 3.63) is 106 Å². The molecule has 0 radical (unpaired) electrons. The fourth-order valence-corrected chi connectivity index (χ4v) is 5.72. The van der Waals surface area contributed by atoms with E-state index in [0.29, 0.717) is 5.56 Å². The molecule has 6 rings (SSSR count). The van der Waals surface area contributed by atoms with Crippen molar-refractivity contribution in [1.82, 2.24) is 0 Å². The molecular weight excluding hydrogens is 426 g/mol. The number of aryl methyl sites for hydroxylation is 5. The predicted molar refractivity (Wildman–Crippen MR) is 151 cm³/mol. The Morgan fingerprint density at radius 3 is 1.86 bits per heavy atom. The Kier molecular flexibility index (Phi) is 5.48. The standard InChI is InChI=1S/C24H20.C9H11NO/c1-13-11-12-19-18-9-5-7-17-8-6-10-20(23(17)18)22-16(4)14(2)15(3)21(13)24(19)22;1-6-3-4-8(9(10)11)7(2)5-6/h5-12H,1-4H3;3-5H,1-2H3,(H2,10,11). The van der Waals surface area contributed by atoms with Gasteiger partial charge in [-0.05, 0) is 119 Å². The molecule has 0 aliphatic carbocycles. The summed E-state index contributed by atoms with van der Waals surface area (Å²) in [5.74, 6) is -0.359. The van der Waals surface area contributed by atoms with Crippen LogP contribution in [-0.2, 0) is 0 Å². The first kappa shape index (κ1) is 22.9. The molecule has 0 spiro atoms. The van der Waals surface area contributed by atoms with Gasteiger partial charge in [0.15, 0.2) is 0 Å². The van der Waals surface area contributed by atoms with Crippen LogP contribution in [0.2, 0.25) is 0 Å². The summed E-state index contributed by atoms with van der Waals surface area (Å²) < 4.78 is 0. The Morgan fingerprint density at radius 2 is 1.20 bits per heavy atom. The summed E-state index contributed by atoms with van der Waals surface area (Å²) in [6.07, 6.45) is 0. The van der Waals surface area contributed by atoms with Gasteiger partial charge in [-0.1, -0.05) is 66.2 Å². The molecule has 6 aromatic carbocycles. The van der Waals surface area contributed by atoms with Gasteiger partial charge in [-0.25, -0.2) is 0 Å². The number of fused-ring (bicyclic) bond motifs is 2. The molecule has 6 aromatic rings. The minimum atomic E-state index is -0.359. The first-order chi connectivity index (χ1) is 16.7. The molecule has 0 saturated carbocycles. The molecule has 35 heavy (non-hydrogen) atoms. The molecule has 0 fully saturated rings. The van der Waals surface area contributed by atoms with Gasteiger partial charge in [0.05, 0.1) is 0 Å². The van der Waals surface area contributed by atoms with Gasteiger partial charge < -0.3 is 5.73 Å². The van der Waals surface area contributed by atoms with Gasteiger partial charge in [0.2, 0.25) is 5.91 Å². The molecule has 0 saturated heterocycles. The zero-order chi connectivity index (χ0) is 25.0. The fourth-order valence-electron chi connectivity index (χ4n) is 5.72. The van der Waals surface area contributed by atoms with Crippen LogP contribution in [0.4, 0.5) is 0 Å². The molecule has 2 heteroatoms. The van der Waals surface area contributed by atoms with Crippen molar-refractivity contribution < 1.29 is 4.79 Å². The highest BCUT2D eigenvalue weighted by Crippen LogP contribution is 2.44. The highest BCUT2D eigenvalue weighted by Gasteiger charge is 2.18. The molecule has 0 heterocycles. The van der Waals surface area contributed by atoms with Gasteiger partial charge >= 0.3 is 0 Å². The Morgan fingerprint density at radius 1 is 0.571 bits per heavy atom. The van der Waals surface area contributed by atoms with Crippen LogP contribution < -0.4 is 5.73 Å². The van der Waals surface area contributed by atoms with E-state index in [4.69, 9.17) is 5.73 Å². The molecular formula is C33H31NO. The first-order valence-corrected chi connectivity index (χ1v) is 12.1. The topological polar surface area (TPSA) is 43.1 Å². The number of carbonyl (C=O) groups is 1. The van der Waals surface area contributed by atoms with Crippen molar-refractivity contribution in [2.45, 2.75) is 41.5 Å². The van der Waals surface area contributed by atoms with Crippen molar-refractivity contribution in [3.8, 4) is 0 Å². The average Bonchev–Trinajstić information content (AvgIpc) is 2.82. The maximum atomic E-state index is 10.8. The summed E-state index contributed by atoms with van der Waals surface area (Å²) in [4.78, 5) is 10.8. The first-order valence-electron chi connectivity index (χ1n) is 12.1. The Bertz CT molecular complexity index is 1770. The van der Waals surface area contributed by atoms with Crippen LogP contribution in [0, 0.1) is 41.5 Å². The van der Waals surface area contributed by atoms with E-state index in [1.54, 1.807) is 6.07 Å². The van der Waals surface area contributed by atoms with E-state index in [1.807, 2.05) is 26.0 Å². The third-order valence-corrected chi connectivity index (χ3v) is 7.65. The van der Waals surface area contributed by atoms with Crippen molar-refractivity contribution in [1.29, 1.82) is 0 Å². The highest BCUT2D eigenvalue weighted by atomic mass is 16.1. The van der Waals surface area contributed by atoms with Gasteiger partial charge in [-0.2, -0.15) is 0 Å². The van der Waals surface area contributed by atoms with Crippen LogP contribution in [0.25, 0.3) is 43.1 Å². The number of primary amides is 1. The minimum Gasteiger partial charge on any atom is -0.366 e. The summed E-state index contributed by atoms with van der Waals surface area (Å²) in [7, 11) is 0. The van der Waals surface area contributed by atoms with Crippen LogP contribution >= 0.6 is 0 Å². The van der Waals surface area contributed by atoms with Gasteiger partial charge in [-0.15, -0.1) is 0 Å². The van der Waals surface area contributed by atoms with Gasteiger partial charge in [0, 0.05) is 5.56 Å². The van der Waals surface area contributed by atoms with Gasteiger partial charge in [0.25, 0.3) is 0 Å². The second-order valence-corrected chi connectivity index (χ2v) is 9.82. The van der Waals surface area contributed by atoms with E-state index < -0.39 is 0 Å². The summed E-state index contributed by atoms with van der Waals surface area (Å²) in [6.45, 7) is 12.9. The lowest BCUT2D eigenvalue weighted by molar-refractivity contribution is 0.0999. The minimum absolute atomic E-state index is 0.359. The lowest BCUT2D eigenvalue weighted by atomic mass is 9.83. The number of nitrogens with two attached hydrogens (primary N) is 1. The molecule has 0 atom stereocenters. The Balaban J connectivity index is 0.000000195. The largest absolute Gasteiger partial charge is 0.366 e. The van der Waals surface area contributed by atoms with Gasteiger partial charge in [0.1, 0.15) is 0 Å². The van der Waals surface area contributed by atoms with E-state index >= 15 is 0 Å². The van der Waals surface area contributed by atoms with Crippen molar-refractivity contribution in [2.24, 2.45) is 5.73 Å². The quantitative estimate of drug-likeness (QED) is 0.196. The molecule has 2 N–H and O–H groups in total. The molecule has 174 valence electrons. The normalized spacial score (nSPS) is 11.4. The number of benzene rings is 6. The molecule has 2 nitrogen and oxygen atoms in total. The SMILES string of the molecule is Cc1c(C)c2c(C)ccc3c4cccc5cccc(c(c1C)c23)c54.Cc1ccc(C(N)=O)c(C)c1. The Hall–Kier alpha value is -3.91. The number of carbonyl (C=O) groups excluding carboxylic acids is 1. The molecule has 1 amide bonds. The fraction of sp³-hybridized carbons (Fsp3) is 0.182. The summed E-state index contributed by atoms with van der Waals surface area (Å²) in [6, 6.07) is 23.6. The molecule has 0 aliphatic rings. The van der Waals surface area contributed by atoms with E-state index in [0.717, 1.165) is 11.1 Å². The zero-order valence-corrected chi connectivity index (χ0v) is 21.3. The second-order valence-electron chi connectivity index (χ2n) is 9.82. The van der Waals surface area contributed by atoms with E-state index in [2.05, 4.69) is 76.2 Å². The number of hydrogen-bond acceptors (Lipinski definition) is 1. The molecule has 0 aliphatic heterocycles. The number of rotatable bonds is 1. The van der Waals surface area contributed by atoms with Crippen molar-refractivity contribution >= 4 is 49.0 Å². The third-order valence-electron chi connectivity index (χ3n) is 7.65. The van der Waals surface area contributed by atoms with Crippen LogP contribution in [0.1, 0.15) is 43.7 Å². The molecule has 0 aromatic heterocycles. The smallest absolute Gasteiger partial charge is 0.248 e. The zero-order valence-electron chi connectivity index (χ0n) is 21.3. The van der Waals surface area contributed by atoms with Crippen molar-refractivity contribution in [2.75, 3.05) is 0 Å². The average molecular weight is 458 g/mol. The maximum Gasteiger partial charge on any atom is 0.248 e. The Labute approximate surface area is 206 Å². The van der Waals surface area contributed by atoms with Crippen LogP contribution in [0.3, 0.4) is 0 Å². The predicted octanol–water partition coefficient (Wildman–Crippen LogP) is 8.37. The summed E-state index contributed by atoms with van der Waals surface area (Å²) in [5.41, 5.74) is 13.5. The highest BCUT2D eigenvalue weighted by molar-refractivity contribution is 6.34. The molecule has 0 unspecified atom stereocenters. The maximum absolute atomic E-state index is 10.8. The summed E-state index contributed by atoms with van der Waals surface area (Å²) in [5, 5.41) is 11.2. The van der Waals surface area contributed by atoms with Crippen LogP contribution in [0.5, 0.6) is 0 Å². The third kappa shape index (κ3) is 3.52. The van der Waals surface area contributed by atoms with E-state index in [9.17, 15) is 4.79 Å². The summed E-state index contributed by atoms with van der Waals surface area (Å²) >= 11 is 0. The second kappa shape index (κ2) is 8.39. The van der Waals surface area contributed by atoms with E-state index in [-0.39, 0.29) is 5.91 Å². The molecule has 0 bridgehead atoms.